The molecule has 1 amide bonds. The van der Waals surface area contributed by atoms with Crippen molar-refractivity contribution in [2.45, 2.75) is 45.7 Å². The first-order valence-corrected chi connectivity index (χ1v) is 8.67. The molecule has 0 bridgehead atoms. The lowest BCUT2D eigenvalue weighted by atomic mass is 10.1. The molecule has 0 saturated heterocycles. The van der Waals surface area contributed by atoms with Gasteiger partial charge in [0.2, 0.25) is 5.91 Å². The zero-order valence-corrected chi connectivity index (χ0v) is 15.1. The lowest BCUT2D eigenvalue weighted by Crippen LogP contribution is -2.42. The Morgan fingerprint density at radius 3 is 2.40 bits per heavy atom. The van der Waals surface area contributed by atoms with Gasteiger partial charge in [0.25, 0.3) is 0 Å². The van der Waals surface area contributed by atoms with Crippen LogP contribution in [0.3, 0.4) is 0 Å². The first-order chi connectivity index (χ1) is 12.0. The minimum Gasteiger partial charge on any atom is -0.374 e. The third-order valence-corrected chi connectivity index (χ3v) is 4.14. The molecule has 0 radical (unpaired) electrons. The van der Waals surface area contributed by atoms with Gasteiger partial charge in [-0.25, -0.2) is 0 Å². The fourth-order valence-corrected chi connectivity index (χ4v) is 2.61. The summed E-state index contributed by atoms with van der Waals surface area (Å²) in [5, 5.41) is 6.19. The lowest BCUT2D eigenvalue weighted by molar-refractivity contribution is -0.122. The molecule has 2 aromatic carbocycles. The molecule has 25 heavy (non-hydrogen) atoms. The van der Waals surface area contributed by atoms with Crippen LogP contribution in [-0.4, -0.2) is 23.8 Å². The summed E-state index contributed by atoms with van der Waals surface area (Å²) in [6.45, 7) is 5.37. The quantitative estimate of drug-likeness (QED) is 0.719. The van der Waals surface area contributed by atoms with Crippen molar-refractivity contribution >= 4 is 17.4 Å². The summed E-state index contributed by atoms with van der Waals surface area (Å²) < 4.78 is 0. The average Bonchev–Trinajstić information content (AvgIpc) is 2.61. The number of anilines is 1. The van der Waals surface area contributed by atoms with Crippen molar-refractivity contribution in [3.05, 3.63) is 65.7 Å². The van der Waals surface area contributed by atoms with E-state index in [2.05, 4.69) is 22.8 Å². The van der Waals surface area contributed by atoms with Crippen LogP contribution >= 0.6 is 0 Å². The number of benzene rings is 2. The van der Waals surface area contributed by atoms with Crippen LogP contribution < -0.4 is 10.6 Å². The van der Waals surface area contributed by atoms with E-state index in [0.717, 1.165) is 18.5 Å². The van der Waals surface area contributed by atoms with Gasteiger partial charge in [0.15, 0.2) is 5.78 Å². The van der Waals surface area contributed by atoms with Gasteiger partial charge < -0.3 is 10.6 Å². The van der Waals surface area contributed by atoms with Crippen LogP contribution in [0.25, 0.3) is 0 Å². The van der Waals surface area contributed by atoms with Gasteiger partial charge in [-0.3, -0.25) is 9.59 Å². The molecule has 0 aliphatic heterocycles. The van der Waals surface area contributed by atoms with Gasteiger partial charge >= 0.3 is 0 Å². The average molecular weight is 338 g/mol. The minimum atomic E-state index is -0.374. The van der Waals surface area contributed by atoms with Crippen molar-refractivity contribution in [3.8, 4) is 0 Å². The molecule has 2 atom stereocenters. The number of aryl methyl sites for hydroxylation is 1. The van der Waals surface area contributed by atoms with Crippen molar-refractivity contribution in [2.24, 2.45) is 0 Å². The molecule has 0 spiro atoms. The van der Waals surface area contributed by atoms with Gasteiger partial charge in [-0.1, -0.05) is 42.5 Å². The van der Waals surface area contributed by atoms with E-state index in [1.54, 1.807) is 12.1 Å². The molecule has 4 heteroatoms. The van der Waals surface area contributed by atoms with Crippen molar-refractivity contribution in [1.29, 1.82) is 0 Å². The van der Waals surface area contributed by atoms with E-state index in [9.17, 15) is 9.59 Å². The van der Waals surface area contributed by atoms with E-state index in [0.29, 0.717) is 5.56 Å². The molecular formula is C21H26N2O2. The summed E-state index contributed by atoms with van der Waals surface area (Å²) in [7, 11) is 0. The summed E-state index contributed by atoms with van der Waals surface area (Å²) in [5.41, 5.74) is 2.68. The molecule has 0 heterocycles. The molecule has 2 N–H and O–H groups in total. The number of amides is 1. The van der Waals surface area contributed by atoms with Crippen LogP contribution in [-0.2, 0) is 11.2 Å². The van der Waals surface area contributed by atoms with Crippen molar-refractivity contribution in [3.63, 3.8) is 0 Å². The predicted molar refractivity (Wildman–Crippen MR) is 102 cm³/mol. The number of nitrogens with one attached hydrogen (secondary N) is 2. The van der Waals surface area contributed by atoms with E-state index < -0.39 is 0 Å². The number of carbonyl (C=O) groups excluding carboxylic acids is 2. The third-order valence-electron chi connectivity index (χ3n) is 4.14. The Morgan fingerprint density at radius 1 is 1.00 bits per heavy atom. The maximum atomic E-state index is 12.3. The van der Waals surface area contributed by atoms with Crippen LogP contribution in [0.2, 0.25) is 0 Å². The molecule has 2 aromatic rings. The highest BCUT2D eigenvalue weighted by atomic mass is 16.2. The van der Waals surface area contributed by atoms with Gasteiger partial charge in [-0.2, -0.15) is 0 Å². The molecular weight excluding hydrogens is 312 g/mol. The molecule has 0 aromatic heterocycles. The first-order valence-electron chi connectivity index (χ1n) is 8.67. The summed E-state index contributed by atoms with van der Waals surface area (Å²) in [6, 6.07) is 17.2. The number of ketones is 1. The van der Waals surface area contributed by atoms with Crippen LogP contribution in [0.5, 0.6) is 0 Å². The molecule has 2 rings (SSSR count). The van der Waals surface area contributed by atoms with Gasteiger partial charge in [-0.15, -0.1) is 0 Å². The SMILES string of the molecule is CC(=O)c1cccc(N[C@H](C)C(=O)N[C@@H](C)CCc2ccccc2)c1. The highest BCUT2D eigenvalue weighted by Crippen LogP contribution is 2.12. The highest BCUT2D eigenvalue weighted by molar-refractivity contribution is 5.95. The predicted octanol–water partition coefficient (Wildman–Crippen LogP) is 3.83. The van der Waals surface area contributed by atoms with E-state index in [4.69, 9.17) is 0 Å². The molecule has 0 fully saturated rings. The third kappa shape index (κ3) is 6.07. The van der Waals surface area contributed by atoms with E-state index >= 15 is 0 Å². The largest absolute Gasteiger partial charge is 0.374 e. The molecule has 0 aliphatic rings. The molecule has 0 saturated carbocycles. The summed E-state index contributed by atoms with van der Waals surface area (Å²) in [4.78, 5) is 23.8. The fraction of sp³-hybridized carbons (Fsp3) is 0.333. The maximum absolute atomic E-state index is 12.3. The fourth-order valence-electron chi connectivity index (χ4n) is 2.61. The molecule has 132 valence electrons. The van der Waals surface area contributed by atoms with E-state index in [1.165, 1.54) is 12.5 Å². The summed E-state index contributed by atoms with van der Waals surface area (Å²) in [6.07, 6.45) is 1.83. The molecule has 4 nitrogen and oxygen atoms in total. The highest BCUT2D eigenvalue weighted by Gasteiger charge is 2.15. The van der Waals surface area contributed by atoms with Crippen LogP contribution in [0.15, 0.2) is 54.6 Å². The normalized spacial score (nSPS) is 12.9. The Bertz CT molecular complexity index is 713. The number of rotatable bonds is 8. The van der Waals surface area contributed by atoms with Crippen LogP contribution in [0, 0.1) is 0 Å². The minimum absolute atomic E-state index is 0.00953. The van der Waals surface area contributed by atoms with E-state index in [1.807, 2.05) is 44.2 Å². The lowest BCUT2D eigenvalue weighted by Gasteiger charge is -2.19. The van der Waals surface area contributed by atoms with Crippen molar-refractivity contribution < 1.29 is 9.59 Å². The van der Waals surface area contributed by atoms with Crippen LogP contribution in [0.4, 0.5) is 5.69 Å². The summed E-state index contributed by atoms with van der Waals surface area (Å²) >= 11 is 0. The number of hydrogen-bond donors (Lipinski definition) is 2. The second-order valence-electron chi connectivity index (χ2n) is 6.44. The molecule has 0 unspecified atom stereocenters. The van der Waals surface area contributed by atoms with Crippen molar-refractivity contribution in [2.75, 3.05) is 5.32 Å². The van der Waals surface area contributed by atoms with Crippen molar-refractivity contribution in [1.82, 2.24) is 5.32 Å². The maximum Gasteiger partial charge on any atom is 0.242 e. The smallest absolute Gasteiger partial charge is 0.242 e. The van der Waals surface area contributed by atoms with Gasteiger partial charge in [0, 0.05) is 17.3 Å². The topological polar surface area (TPSA) is 58.2 Å². The Labute approximate surface area is 149 Å². The number of hydrogen-bond acceptors (Lipinski definition) is 3. The zero-order chi connectivity index (χ0) is 18.2. The number of carbonyl (C=O) groups is 2. The van der Waals surface area contributed by atoms with E-state index in [-0.39, 0.29) is 23.8 Å². The number of Topliss-reactive ketones (excluding diaryl/α,β-unsaturated/α-hetero) is 1. The first kappa shape index (κ1) is 18.7. The Balaban J connectivity index is 1.83. The monoisotopic (exact) mass is 338 g/mol. The second-order valence-corrected chi connectivity index (χ2v) is 6.44. The van der Waals surface area contributed by atoms with Gasteiger partial charge in [-0.05, 0) is 51.3 Å². The second kappa shape index (κ2) is 9.02. The standard InChI is InChI=1S/C21H26N2O2/c1-15(12-13-18-8-5-4-6-9-18)22-21(25)16(2)23-20-11-7-10-19(14-20)17(3)24/h4-11,14-16,23H,12-13H2,1-3H3,(H,22,25)/t15-,16+/m0/s1. The van der Waals surface area contributed by atoms with Crippen LogP contribution in [0.1, 0.15) is 43.1 Å². The molecule has 0 aliphatic carbocycles. The zero-order valence-electron chi connectivity index (χ0n) is 15.1. The Morgan fingerprint density at radius 2 is 1.72 bits per heavy atom. The Kier molecular flexibility index (Phi) is 6.75. The van der Waals surface area contributed by atoms with Gasteiger partial charge in [0.05, 0.1) is 0 Å². The Hall–Kier alpha value is -2.62. The summed E-state index contributed by atoms with van der Waals surface area (Å²) in [5.74, 6) is -0.0379. The van der Waals surface area contributed by atoms with Gasteiger partial charge in [0.1, 0.15) is 6.04 Å².